The van der Waals surface area contributed by atoms with E-state index in [1.165, 1.54) is 22.7 Å². The Morgan fingerprint density at radius 3 is 2.40 bits per heavy atom. The summed E-state index contributed by atoms with van der Waals surface area (Å²) in [5, 5.41) is 6.82. The number of ether oxygens (including phenoxy) is 2. The van der Waals surface area contributed by atoms with E-state index in [2.05, 4.69) is 25.3 Å². The van der Waals surface area contributed by atoms with Crippen molar-refractivity contribution in [2.75, 3.05) is 69.0 Å². The van der Waals surface area contributed by atoms with E-state index in [1.54, 1.807) is 22.7 Å². The quantitative estimate of drug-likeness (QED) is 0.310. The van der Waals surface area contributed by atoms with Crippen LogP contribution in [0.2, 0.25) is 0 Å². The molecular formula is C30H33F3N8O5S. The number of anilines is 2. The Morgan fingerprint density at radius 2 is 1.74 bits per heavy atom. The molecule has 2 aliphatic rings. The lowest BCUT2D eigenvalue weighted by atomic mass is 10.1. The molecular weight excluding hydrogens is 641 g/mol. The Bertz CT molecular complexity index is 1870. The van der Waals surface area contributed by atoms with Crippen molar-refractivity contribution >= 4 is 33.3 Å². The van der Waals surface area contributed by atoms with Crippen LogP contribution in [-0.2, 0) is 27.5 Å². The Labute approximate surface area is 268 Å². The van der Waals surface area contributed by atoms with Gasteiger partial charge in [-0.05, 0) is 36.8 Å². The highest BCUT2D eigenvalue weighted by Crippen LogP contribution is 2.38. The minimum Gasteiger partial charge on any atom is -0.410 e. The first-order valence-corrected chi connectivity index (χ1v) is 16.7. The Morgan fingerprint density at radius 1 is 1.04 bits per heavy atom. The fraction of sp³-hybridized carbons (Fsp3) is 0.400. The minimum absolute atomic E-state index is 0.191. The van der Waals surface area contributed by atoms with Crippen LogP contribution in [0.3, 0.4) is 0 Å². The number of hydrogen-bond acceptors (Lipinski definition) is 10. The highest BCUT2D eigenvalue weighted by Gasteiger charge is 2.36. The van der Waals surface area contributed by atoms with Gasteiger partial charge in [0, 0.05) is 57.7 Å². The van der Waals surface area contributed by atoms with Gasteiger partial charge in [0.1, 0.15) is 17.1 Å². The molecule has 1 amide bonds. The van der Waals surface area contributed by atoms with Crippen LogP contribution in [-0.4, -0.2) is 102 Å². The fourth-order valence-corrected chi connectivity index (χ4v) is 6.44. The number of nitrogens with zero attached hydrogens (tertiary/aromatic N) is 7. The van der Waals surface area contributed by atoms with Gasteiger partial charge in [-0.15, -0.1) is 5.10 Å². The van der Waals surface area contributed by atoms with Gasteiger partial charge in [-0.25, -0.2) is 27.7 Å². The van der Waals surface area contributed by atoms with Gasteiger partial charge in [0.25, 0.3) is 0 Å². The first kappa shape index (κ1) is 32.6. The number of morpholine rings is 1. The van der Waals surface area contributed by atoms with Crippen molar-refractivity contribution in [1.29, 1.82) is 0 Å². The average molecular weight is 675 g/mol. The van der Waals surface area contributed by atoms with Crippen LogP contribution in [0, 0.1) is 6.92 Å². The predicted molar refractivity (Wildman–Crippen MR) is 167 cm³/mol. The summed E-state index contributed by atoms with van der Waals surface area (Å²) in [6.45, 7) is 5.97. The summed E-state index contributed by atoms with van der Waals surface area (Å²) in [6.07, 6.45) is -3.64. The first-order valence-electron chi connectivity index (χ1n) is 14.9. The van der Waals surface area contributed by atoms with E-state index < -0.39 is 27.9 Å². The molecule has 250 valence electrons. The number of rotatable bonds is 7. The van der Waals surface area contributed by atoms with Crippen molar-refractivity contribution < 1.29 is 35.9 Å². The topological polar surface area (TPSA) is 134 Å². The monoisotopic (exact) mass is 674 g/mol. The molecule has 2 fully saturated rings. The van der Waals surface area contributed by atoms with Gasteiger partial charge in [0.2, 0.25) is 10.0 Å². The number of amides is 1. The number of sulfonamides is 1. The van der Waals surface area contributed by atoms with Crippen LogP contribution in [0.5, 0.6) is 5.75 Å². The van der Waals surface area contributed by atoms with Crippen molar-refractivity contribution in [2.45, 2.75) is 19.6 Å². The molecule has 4 aromatic rings. The van der Waals surface area contributed by atoms with Crippen molar-refractivity contribution in [3.05, 3.63) is 65.5 Å². The van der Waals surface area contributed by atoms with Crippen LogP contribution in [0.15, 0.2) is 48.7 Å². The molecule has 0 aliphatic carbocycles. The molecule has 0 unspecified atom stereocenters. The van der Waals surface area contributed by atoms with Gasteiger partial charge in [-0.3, -0.25) is 10.2 Å². The standard InChI is InChI=1S/C30H33F3N8O5S/c1-20-21(19-38-8-10-40(11-9-38)47(2,43)44)16-25-28(39-12-14-45-15-13-39)36-27(37-41(20)25)23-18-34-26(17-24(23)30(31,32)33)35-29(42)46-22-6-4-3-5-7-22/h3-7,16-18H,8-15,19H2,1-2H3,(H,34,35,42). The summed E-state index contributed by atoms with van der Waals surface area (Å²) >= 11 is 0. The van der Waals surface area contributed by atoms with E-state index in [0.717, 1.165) is 17.8 Å². The summed E-state index contributed by atoms with van der Waals surface area (Å²) in [5.74, 6) is 0.125. The lowest BCUT2D eigenvalue weighted by Crippen LogP contribution is -2.47. The summed E-state index contributed by atoms with van der Waals surface area (Å²) in [4.78, 5) is 25.2. The Balaban J connectivity index is 1.35. The third-order valence-electron chi connectivity index (χ3n) is 8.10. The fourth-order valence-electron chi connectivity index (χ4n) is 5.61. The summed E-state index contributed by atoms with van der Waals surface area (Å²) in [7, 11) is -3.28. The molecule has 3 aromatic heterocycles. The number of carbonyl (C=O) groups is 1. The second-order valence-corrected chi connectivity index (χ2v) is 13.3. The number of hydrogen-bond donors (Lipinski definition) is 1. The number of halogens is 3. The van der Waals surface area contributed by atoms with Gasteiger partial charge >= 0.3 is 12.3 Å². The second-order valence-electron chi connectivity index (χ2n) is 11.3. The van der Waals surface area contributed by atoms with Crippen molar-refractivity contribution in [3.8, 4) is 17.1 Å². The van der Waals surface area contributed by atoms with Gasteiger partial charge in [-0.1, -0.05) is 18.2 Å². The molecule has 0 radical (unpaired) electrons. The molecule has 13 nitrogen and oxygen atoms in total. The Kier molecular flexibility index (Phi) is 9.06. The third-order valence-corrected chi connectivity index (χ3v) is 9.40. The van der Waals surface area contributed by atoms with Crippen molar-refractivity contribution in [2.24, 2.45) is 0 Å². The molecule has 2 saturated heterocycles. The van der Waals surface area contributed by atoms with Crippen LogP contribution >= 0.6 is 0 Å². The van der Waals surface area contributed by atoms with Crippen molar-refractivity contribution in [1.82, 2.24) is 28.8 Å². The third kappa shape index (κ3) is 7.32. The maximum absolute atomic E-state index is 14.5. The number of piperazine rings is 1. The summed E-state index contributed by atoms with van der Waals surface area (Å²) in [6, 6.07) is 10.8. The zero-order valence-electron chi connectivity index (χ0n) is 25.7. The van der Waals surface area contributed by atoms with E-state index in [-0.39, 0.29) is 23.0 Å². The van der Waals surface area contributed by atoms with E-state index in [0.29, 0.717) is 76.1 Å². The predicted octanol–water partition coefficient (Wildman–Crippen LogP) is 3.64. The molecule has 47 heavy (non-hydrogen) atoms. The molecule has 0 saturated carbocycles. The lowest BCUT2D eigenvalue weighted by Gasteiger charge is -2.33. The van der Waals surface area contributed by atoms with E-state index in [1.807, 2.05) is 17.9 Å². The summed E-state index contributed by atoms with van der Waals surface area (Å²) in [5.41, 5.74) is 0.795. The summed E-state index contributed by atoms with van der Waals surface area (Å²) < 4.78 is 81.1. The number of pyridine rings is 1. The van der Waals surface area contributed by atoms with Gasteiger partial charge in [0.05, 0.1) is 30.6 Å². The van der Waals surface area contributed by atoms with Gasteiger partial charge < -0.3 is 14.4 Å². The number of alkyl halides is 3. The van der Waals surface area contributed by atoms with Crippen LogP contribution in [0.4, 0.5) is 29.6 Å². The molecule has 1 aromatic carbocycles. The normalized spacial score (nSPS) is 16.8. The minimum atomic E-state index is -4.83. The highest BCUT2D eigenvalue weighted by atomic mass is 32.2. The smallest absolute Gasteiger partial charge is 0.410 e. The van der Waals surface area contributed by atoms with Crippen LogP contribution in [0.1, 0.15) is 16.8 Å². The highest BCUT2D eigenvalue weighted by molar-refractivity contribution is 7.88. The molecule has 5 heterocycles. The number of carbonyl (C=O) groups excluding carboxylic acids is 1. The first-order chi connectivity index (χ1) is 22.4. The maximum Gasteiger partial charge on any atom is 0.418 e. The Hall–Kier alpha value is -4.32. The van der Waals surface area contributed by atoms with Crippen LogP contribution in [0.25, 0.3) is 16.9 Å². The maximum atomic E-state index is 14.5. The molecule has 1 N–H and O–H groups in total. The van der Waals surface area contributed by atoms with Crippen molar-refractivity contribution in [3.63, 3.8) is 0 Å². The second kappa shape index (κ2) is 13.1. The zero-order valence-corrected chi connectivity index (χ0v) is 26.5. The number of aryl methyl sites for hydroxylation is 1. The van der Waals surface area contributed by atoms with E-state index >= 15 is 0 Å². The lowest BCUT2D eigenvalue weighted by molar-refractivity contribution is -0.137. The largest absolute Gasteiger partial charge is 0.418 e. The molecule has 0 spiro atoms. The molecule has 0 bridgehead atoms. The molecule has 2 aliphatic heterocycles. The number of aromatic nitrogens is 4. The number of benzene rings is 1. The zero-order chi connectivity index (χ0) is 33.3. The van der Waals surface area contributed by atoms with Crippen LogP contribution < -0.4 is 15.0 Å². The molecule has 17 heteroatoms. The number of para-hydroxylation sites is 1. The number of nitrogens with one attached hydrogen (secondary N) is 1. The molecule has 0 atom stereocenters. The number of fused-ring (bicyclic) bond motifs is 1. The van der Waals surface area contributed by atoms with E-state index in [4.69, 9.17) is 9.47 Å². The van der Waals surface area contributed by atoms with Gasteiger partial charge in [0.15, 0.2) is 11.6 Å². The van der Waals surface area contributed by atoms with E-state index in [9.17, 15) is 26.4 Å². The SMILES string of the molecule is Cc1c(CN2CCN(S(C)(=O)=O)CC2)cc2c(N3CCOCC3)nc(-c3cnc(NC(=O)Oc4ccccc4)cc3C(F)(F)F)nn12. The average Bonchev–Trinajstić information content (AvgIpc) is 3.35. The molecule has 6 rings (SSSR count). The van der Waals surface area contributed by atoms with Gasteiger partial charge in [-0.2, -0.15) is 17.5 Å².